The van der Waals surface area contributed by atoms with E-state index < -0.39 is 21.6 Å². The summed E-state index contributed by atoms with van der Waals surface area (Å²) in [6.45, 7) is 5.09. The molecule has 1 heterocycles. The van der Waals surface area contributed by atoms with Gasteiger partial charge >= 0.3 is 6.18 Å². The van der Waals surface area contributed by atoms with Gasteiger partial charge in [0.15, 0.2) is 9.84 Å². The highest BCUT2D eigenvalue weighted by Gasteiger charge is 2.31. The van der Waals surface area contributed by atoms with E-state index in [-0.39, 0.29) is 29.0 Å². The Kier molecular flexibility index (Phi) is 7.64. The number of nitrogens with zero attached hydrogens (tertiary/aromatic N) is 1. The Balaban J connectivity index is 1.48. The molecule has 3 aromatic rings. The molecule has 1 N–H and O–H groups in total. The molecule has 0 aromatic heterocycles. The highest BCUT2D eigenvalue weighted by molar-refractivity contribution is 7.91. The fourth-order valence-electron chi connectivity index (χ4n) is 4.59. The lowest BCUT2D eigenvalue weighted by Gasteiger charge is -2.36. The molecular weight excluding hydrogens is 501 g/mol. The topological polar surface area (TPSA) is 66.5 Å². The summed E-state index contributed by atoms with van der Waals surface area (Å²) in [7, 11) is -3.28. The van der Waals surface area contributed by atoms with Crippen molar-refractivity contribution < 1.29 is 26.4 Å². The predicted molar refractivity (Wildman–Crippen MR) is 137 cm³/mol. The second kappa shape index (κ2) is 10.6. The van der Waals surface area contributed by atoms with Gasteiger partial charge in [0, 0.05) is 36.8 Å². The van der Waals surface area contributed by atoms with Crippen LogP contribution < -0.4 is 10.2 Å². The predicted octanol–water partition coefficient (Wildman–Crippen LogP) is 5.94. The van der Waals surface area contributed by atoms with E-state index in [1.54, 1.807) is 37.3 Å². The Hall–Kier alpha value is -3.33. The molecule has 3 aromatic carbocycles. The number of rotatable bonds is 7. The van der Waals surface area contributed by atoms with Gasteiger partial charge in [-0.3, -0.25) is 4.79 Å². The third-order valence-corrected chi connectivity index (χ3v) is 8.57. The largest absolute Gasteiger partial charge is 0.416 e. The smallest absolute Gasteiger partial charge is 0.367 e. The number of sulfone groups is 1. The van der Waals surface area contributed by atoms with Crippen molar-refractivity contribution in [3.8, 4) is 0 Å². The standard InChI is InChI=1S/C28H29F3N2O3S/c1-3-20-17-33(24-10-8-23(9-11-24)28(29,30)31)18-22-15-21(7-14-26(20)22)27(34)32-16-19-5-12-25(13-6-19)37(35,36)4-2/h5-15,20H,3-4,16-18H2,1-2H3,(H,32,34). The van der Waals surface area contributed by atoms with Crippen molar-refractivity contribution in [3.05, 3.63) is 94.5 Å². The molecular formula is C28H29F3N2O3S. The zero-order valence-corrected chi connectivity index (χ0v) is 21.5. The van der Waals surface area contributed by atoms with E-state index in [0.717, 1.165) is 35.2 Å². The van der Waals surface area contributed by atoms with Crippen LogP contribution in [0.3, 0.4) is 0 Å². The molecule has 37 heavy (non-hydrogen) atoms. The van der Waals surface area contributed by atoms with Crippen LogP contribution in [-0.2, 0) is 29.1 Å². The third kappa shape index (κ3) is 5.98. The zero-order valence-electron chi connectivity index (χ0n) is 20.7. The summed E-state index contributed by atoms with van der Waals surface area (Å²) in [5.41, 5.74) is 3.42. The van der Waals surface area contributed by atoms with Gasteiger partial charge in [0.1, 0.15) is 0 Å². The maximum absolute atomic E-state index is 13.0. The molecule has 0 bridgehead atoms. The quantitative estimate of drug-likeness (QED) is 0.411. The number of hydrogen-bond acceptors (Lipinski definition) is 4. The molecule has 1 aliphatic rings. The van der Waals surface area contributed by atoms with E-state index in [1.165, 1.54) is 12.1 Å². The van der Waals surface area contributed by atoms with Crippen LogP contribution in [0.25, 0.3) is 0 Å². The molecule has 0 aliphatic carbocycles. The Labute approximate surface area is 215 Å². The lowest BCUT2D eigenvalue weighted by molar-refractivity contribution is -0.137. The van der Waals surface area contributed by atoms with Gasteiger partial charge in [-0.2, -0.15) is 13.2 Å². The van der Waals surface area contributed by atoms with Gasteiger partial charge in [0.25, 0.3) is 5.91 Å². The first kappa shape index (κ1) is 26.7. The normalized spacial score (nSPS) is 15.8. The van der Waals surface area contributed by atoms with Crippen LogP contribution in [-0.4, -0.2) is 26.6 Å². The average Bonchev–Trinajstić information content (AvgIpc) is 2.90. The van der Waals surface area contributed by atoms with E-state index in [4.69, 9.17) is 0 Å². The first-order valence-corrected chi connectivity index (χ1v) is 13.8. The van der Waals surface area contributed by atoms with Crippen LogP contribution in [0.1, 0.15) is 58.8 Å². The summed E-state index contributed by atoms with van der Waals surface area (Å²) < 4.78 is 62.9. The maximum Gasteiger partial charge on any atom is 0.416 e. The molecule has 1 aliphatic heterocycles. The monoisotopic (exact) mass is 530 g/mol. The van der Waals surface area contributed by atoms with Gasteiger partial charge in [0.05, 0.1) is 16.2 Å². The van der Waals surface area contributed by atoms with E-state index in [2.05, 4.69) is 12.2 Å². The van der Waals surface area contributed by atoms with Crippen molar-refractivity contribution >= 4 is 21.4 Å². The third-order valence-electron chi connectivity index (χ3n) is 6.82. The van der Waals surface area contributed by atoms with E-state index in [1.807, 2.05) is 17.0 Å². The summed E-state index contributed by atoms with van der Waals surface area (Å²) in [5, 5.41) is 2.87. The van der Waals surface area contributed by atoms with Crippen molar-refractivity contribution in [1.82, 2.24) is 5.32 Å². The van der Waals surface area contributed by atoms with Gasteiger partial charge in [-0.1, -0.05) is 32.0 Å². The highest BCUT2D eigenvalue weighted by Crippen LogP contribution is 2.35. The lowest BCUT2D eigenvalue weighted by atomic mass is 9.86. The van der Waals surface area contributed by atoms with Crippen molar-refractivity contribution in [2.45, 2.75) is 50.3 Å². The van der Waals surface area contributed by atoms with Crippen LogP contribution in [0.4, 0.5) is 18.9 Å². The highest BCUT2D eigenvalue weighted by atomic mass is 32.2. The summed E-state index contributed by atoms with van der Waals surface area (Å²) >= 11 is 0. The molecule has 0 radical (unpaired) electrons. The lowest BCUT2D eigenvalue weighted by Crippen LogP contribution is -2.34. The maximum atomic E-state index is 13.0. The molecule has 1 amide bonds. The fourth-order valence-corrected chi connectivity index (χ4v) is 5.47. The average molecular weight is 531 g/mol. The number of nitrogens with one attached hydrogen (secondary N) is 1. The second-order valence-corrected chi connectivity index (χ2v) is 11.5. The molecule has 5 nitrogen and oxygen atoms in total. The Bertz CT molecular complexity index is 1370. The Morgan fingerprint density at radius 1 is 1.00 bits per heavy atom. The number of fused-ring (bicyclic) bond motifs is 1. The molecule has 4 rings (SSSR count). The minimum Gasteiger partial charge on any atom is -0.367 e. The van der Waals surface area contributed by atoms with Crippen LogP contribution in [0.15, 0.2) is 71.6 Å². The Morgan fingerprint density at radius 2 is 1.68 bits per heavy atom. The summed E-state index contributed by atoms with van der Waals surface area (Å²) in [6.07, 6.45) is -3.52. The molecule has 0 fully saturated rings. The molecule has 0 saturated carbocycles. The number of anilines is 1. The van der Waals surface area contributed by atoms with Gasteiger partial charge in [-0.15, -0.1) is 0 Å². The molecule has 196 valence electrons. The molecule has 1 unspecified atom stereocenters. The van der Waals surface area contributed by atoms with Crippen LogP contribution in [0, 0.1) is 0 Å². The summed E-state index contributed by atoms with van der Waals surface area (Å²) in [5.74, 6) is -0.0369. The molecule has 1 atom stereocenters. The van der Waals surface area contributed by atoms with Crippen molar-refractivity contribution in [3.63, 3.8) is 0 Å². The van der Waals surface area contributed by atoms with E-state index >= 15 is 0 Å². The SMILES string of the molecule is CCC1CN(c2ccc(C(F)(F)F)cc2)Cc2cc(C(=O)NCc3ccc(S(=O)(=O)CC)cc3)ccc21. The minimum absolute atomic E-state index is 0.0244. The van der Waals surface area contributed by atoms with Crippen molar-refractivity contribution in [2.75, 3.05) is 17.2 Å². The molecule has 0 saturated heterocycles. The number of halogens is 3. The second-order valence-electron chi connectivity index (χ2n) is 9.17. The van der Waals surface area contributed by atoms with E-state index in [0.29, 0.717) is 24.3 Å². The first-order valence-electron chi connectivity index (χ1n) is 12.2. The van der Waals surface area contributed by atoms with Crippen LogP contribution in [0.2, 0.25) is 0 Å². The van der Waals surface area contributed by atoms with Crippen molar-refractivity contribution in [1.29, 1.82) is 0 Å². The fraction of sp³-hybridized carbons (Fsp3) is 0.321. The van der Waals surface area contributed by atoms with Crippen molar-refractivity contribution in [2.24, 2.45) is 0 Å². The van der Waals surface area contributed by atoms with Gasteiger partial charge in [-0.05, 0) is 71.6 Å². The number of benzene rings is 3. The van der Waals surface area contributed by atoms with Crippen LogP contribution in [0.5, 0.6) is 0 Å². The molecule has 0 spiro atoms. The number of amides is 1. The van der Waals surface area contributed by atoms with Gasteiger partial charge < -0.3 is 10.2 Å². The number of hydrogen-bond donors (Lipinski definition) is 1. The summed E-state index contributed by atoms with van der Waals surface area (Å²) in [6, 6.07) is 17.2. The minimum atomic E-state index is -4.38. The van der Waals surface area contributed by atoms with Gasteiger partial charge in [0.2, 0.25) is 0 Å². The first-order chi connectivity index (χ1) is 17.5. The number of alkyl halides is 3. The molecule has 9 heteroatoms. The summed E-state index contributed by atoms with van der Waals surface area (Å²) in [4.78, 5) is 15.2. The zero-order chi connectivity index (χ0) is 26.8. The van der Waals surface area contributed by atoms with Gasteiger partial charge in [-0.25, -0.2) is 8.42 Å². The van der Waals surface area contributed by atoms with E-state index in [9.17, 15) is 26.4 Å². The number of carbonyl (C=O) groups is 1. The Morgan fingerprint density at radius 3 is 2.27 bits per heavy atom. The number of carbonyl (C=O) groups excluding carboxylic acids is 1. The van der Waals surface area contributed by atoms with Crippen LogP contribution >= 0.6 is 0 Å².